The SMILES string of the molecule is Cc1cc(Cl)cc(-c2cnc(Nc3nc(Cl)nn4cccc34)s2)c1. The van der Waals surface area contributed by atoms with E-state index in [2.05, 4.69) is 26.4 Å². The Morgan fingerprint density at radius 1 is 1.21 bits per heavy atom. The van der Waals surface area contributed by atoms with E-state index in [0.29, 0.717) is 10.8 Å². The molecule has 0 saturated carbocycles. The van der Waals surface area contributed by atoms with Crippen molar-refractivity contribution in [3.05, 3.63) is 58.6 Å². The molecule has 24 heavy (non-hydrogen) atoms. The van der Waals surface area contributed by atoms with E-state index in [0.717, 1.165) is 26.7 Å². The van der Waals surface area contributed by atoms with Crippen LogP contribution in [-0.4, -0.2) is 19.6 Å². The zero-order valence-corrected chi connectivity index (χ0v) is 14.8. The molecule has 0 aliphatic carbocycles. The number of hydrogen-bond donors (Lipinski definition) is 1. The van der Waals surface area contributed by atoms with Gasteiger partial charge in [-0.3, -0.25) is 0 Å². The molecule has 1 aromatic carbocycles. The standard InChI is InChI=1S/C16H11Cl2N5S/c1-9-5-10(7-11(17)6-9)13-8-19-16(24-13)21-14-12-3-2-4-23(12)22-15(18)20-14/h2-8H,1H3,(H,19,20,21,22). The highest BCUT2D eigenvalue weighted by Gasteiger charge is 2.10. The van der Waals surface area contributed by atoms with Crippen LogP contribution in [0.25, 0.3) is 16.0 Å². The van der Waals surface area contributed by atoms with E-state index in [1.807, 2.05) is 43.6 Å². The second-order valence-electron chi connectivity index (χ2n) is 5.24. The zero-order valence-electron chi connectivity index (χ0n) is 12.5. The summed E-state index contributed by atoms with van der Waals surface area (Å²) in [6.07, 6.45) is 3.63. The maximum Gasteiger partial charge on any atom is 0.243 e. The molecule has 0 atom stereocenters. The number of benzene rings is 1. The van der Waals surface area contributed by atoms with Crippen molar-refractivity contribution in [3.8, 4) is 10.4 Å². The molecular formula is C16H11Cl2N5S. The molecule has 0 aliphatic rings. The summed E-state index contributed by atoms with van der Waals surface area (Å²) in [6.45, 7) is 2.02. The highest BCUT2D eigenvalue weighted by molar-refractivity contribution is 7.19. The number of anilines is 2. The summed E-state index contributed by atoms with van der Waals surface area (Å²) in [5.41, 5.74) is 2.98. The first-order valence-corrected chi connectivity index (χ1v) is 8.67. The van der Waals surface area contributed by atoms with Crippen LogP contribution >= 0.6 is 34.5 Å². The summed E-state index contributed by atoms with van der Waals surface area (Å²) in [5, 5.41) is 8.93. The van der Waals surface area contributed by atoms with Gasteiger partial charge < -0.3 is 5.32 Å². The van der Waals surface area contributed by atoms with E-state index in [4.69, 9.17) is 23.2 Å². The van der Waals surface area contributed by atoms with Gasteiger partial charge in [-0.15, -0.1) is 5.10 Å². The van der Waals surface area contributed by atoms with Gasteiger partial charge in [-0.25, -0.2) is 9.50 Å². The minimum Gasteiger partial charge on any atom is -0.314 e. The predicted octanol–water partition coefficient (Wildman–Crippen LogP) is 5.21. The molecule has 0 fully saturated rings. The molecule has 1 N–H and O–H groups in total. The number of nitrogens with zero attached hydrogens (tertiary/aromatic N) is 4. The fourth-order valence-corrected chi connectivity index (χ4v) is 3.70. The first-order chi connectivity index (χ1) is 11.6. The maximum absolute atomic E-state index is 6.14. The molecule has 120 valence electrons. The number of halogens is 2. The Balaban J connectivity index is 1.69. The van der Waals surface area contributed by atoms with Crippen molar-refractivity contribution in [3.63, 3.8) is 0 Å². The number of hydrogen-bond acceptors (Lipinski definition) is 5. The molecule has 0 spiro atoms. The third-order valence-corrected chi connectivity index (χ3v) is 4.76. The van der Waals surface area contributed by atoms with E-state index in [1.54, 1.807) is 4.52 Å². The van der Waals surface area contributed by atoms with Gasteiger partial charge in [0.2, 0.25) is 5.28 Å². The number of aryl methyl sites for hydroxylation is 1. The average Bonchev–Trinajstić information content (AvgIpc) is 3.15. The van der Waals surface area contributed by atoms with Crippen LogP contribution in [0.2, 0.25) is 10.3 Å². The van der Waals surface area contributed by atoms with Gasteiger partial charge in [0, 0.05) is 17.4 Å². The third kappa shape index (κ3) is 2.96. The molecule has 8 heteroatoms. The normalized spacial score (nSPS) is 11.1. The van der Waals surface area contributed by atoms with Gasteiger partial charge >= 0.3 is 0 Å². The second kappa shape index (κ2) is 6.05. The molecule has 0 unspecified atom stereocenters. The Bertz CT molecular complexity index is 1020. The Morgan fingerprint density at radius 3 is 2.92 bits per heavy atom. The largest absolute Gasteiger partial charge is 0.314 e. The summed E-state index contributed by atoms with van der Waals surface area (Å²) >= 11 is 13.6. The third-order valence-electron chi connectivity index (χ3n) is 3.42. The van der Waals surface area contributed by atoms with E-state index < -0.39 is 0 Å². The molecule has 0 saturated heterocycles. The van der Waals surface area contributed by atoms with E-state index in [1.165, 1.54) is 11.3 Å². The van der Waals surface area contributed by atoms with E-state index in [-0.39, 0.29) is 5.28 Å². The lowest BCUT2D eigenvalue weighted by atomic mass is 10.1. The van der Waals surface area contributed by atoms with Crippen LogP contribution in [0.15, 0.2) is 42.7 Å². The van der Waals surface area contributed by atoms with Crippen LogP contribution in [-0.2, 0) is 0 Å². The summed E-state index contributed by atoms with van der Waals surface area (Å²) in [5.74, 6) is 0.614. The monoisotopic (exact) mass is 375 g/mol. The average molecular weight is 376 g/mol. The van der Waals surface area contributed by atoms with Crippen LogP contribution in [0, 0.1) is 6.92 Å². The molecule has 5 nitrogen and oxygen atoms in total. The van der Waals surface area contributed by atoms with Crippen LogP contribution < -0.4 is 5.32 Å². The summed E-state index contributed by atoms with van der Waals surface area (Å²) in [6, 6.07) is 9.73. The fraction of sp³-hybridized carbons (Fsp3) is 0.0625. The lowest BCUT2D eigenvalue weighted by Crippen LogP contribution is -2.00. The first-order valence-electron chi connectivity index (χ1n) is 7.10. The second-order valence-corrected chi connectivity index (χ2v) is 7.04. The van der Waals surface area contributed by atoms with Crippen molar-refractivity contribution in [1.29, 1.82) is 0 Å². The Labute approximate surface area is 151 Å². The first kappa shape index (κ1) is 15.4. The lowest BCUT2D eigenvalue weighted by Gasteiger charge is -2.04. The van der Waals surface area contributed by atoms with Gasteiger partial charge in [0.1, 0.15) is 5.52 Å². The number of aromatic nitrogens is 4. The molecule has 0 amide bonds. The predicted molar refractivity (Wildman–Crippen MR) is 98.6 cm³/mol. The highest BCUT2D eigenvalue weighted by Crippen LogP contribution is 2.33. The summed E-state index contributed by atoms with van der Waals surface area (Å²) in [4.78, 5) is 9.69. The quantitative estimate of drug-likeness (QED) is 0.533. The molecule has 3 aromatic heterocycles. The van der Waals surface area contributed by atoms with Crippen LogP contribution in [0.5, 0.6) is 0 Å². The Kier molecular flexibility index (Phi) is 3.88. The number of rotatable bonds is 3. The van der Waals surface area contributed by atoms with Crippen molar-refractivity contribution in [1.82, 2.24) is 19.6 Å². The van der Waals surface area contributed by atoms with Gasteiger partial charge in [-0.2, -0.15) is 4.98 Å². The van der Waals surface area contributed by atoms with Gasteiger partial charge in [0.25, 0.3) is 0 Å². The summed E-state index contributed by atoms with van der Waals surface area (Å²) < 4.78 is 1.67. The molecule has 0 bridgehead atoms. The minimum atomic E-state index is 0.170. The lowest BCUT2D eigenvalue weighted by molar-refractivity contribution is 0.907. The molecular weight excluding hydrogens is 365 g/mol. The van der Waals surface area contributed by atoms with Crippen LogP contribution in [0.1, 0.15) is 5.56 Å². The highest BCUT2D eigenvalue weighted by atomic mass is 35.5. The number of fused-ring (bicyclic) bond motifs is 1. The molecule has 4 aromatic rings. The van der Waals surface area contributed by atoms with Crippen molar-refractivity contribution in [2.45, 2.75) is 6.92 Å². The van der Waals surface area contributed by atoms with E-state index in [9.17, 15) is 0 Å². The van der Waals surface area contributed by atoms with Crippen LogP contribution in [0.4, 0.5) is 10.9 Å². The smallest absolute Gasteiger partial charge is 0.243 e. The topological polar surface area (TPSA) is 55.1 Å². The molecule has 0 aliphatic heterocycles. The molecule has 0 radical (unpaired) electrons. The van der Waals surface area contributed by atoms with Gasteiger partial charge in [0.05, 0.1) is 4.88 Å². The Morgan fingerprint density at radius 2 is 2.08 bits per heavy atom. The zero-order chi connectivity index (χ0) is 16.7. The van der Waals surface area contributed by atoms with Gasteiger partial charge in [0.15, 0.2) is 10.9 Å². The maximum atomic E-state index is 6.14. The Hall–Kier alpha value is -2.15. The molecule has 3 heterocycles. The van der Waals surface area contributed by atoms with Crippen molar-refractivity contribution in [2.75, 3.05) is 5.32 Å². The number of nitrogens with one attached hydrogen (secondary N) is 1. The fourth-order valence-electron chi connectivity index (χ4n) is 2.45. The van der Waals surface area contributed by atoms with Gasteiger partial charge in [-0.1, -0.05) is 29.0 Å². The van der Waals surface area contributed by atoms with E-state index >= 15 is 0 Å². The van der Waals surface area contributed by atoms with Crippen molar-refractivity contribution < 1.29 is 0 Å². The summed E-state index contributed by atoms with van der Waals surface area (Å²) in [7, 11) is 0. The van der Waals surface area contributed by atoms with Crippen LogP contribution in [0.3, 0.4) is 0 Å². The van der Waals surface area contributed by atoms with Crippen molar-refractivity contribution >= 4 is 51.0 Å². The number of thiazole rings is 1. The molecule has 4 rings (SSSR count). The van der Waals surface area contributed by atoms with Crippen molar-refractivity contribution in [2.24, 2.45) is 0 Å². The van der Waals surface area contributed by atoms with Gasteiger partial charge in [-0.05, 0) is 53.9 Å². The minimum absolute atomic E-state index is 0.170.